The van der Waals surface area contributed by atoms with Gasteiger partial charge in [-0.1, -0.05) is 64.1 Å². The first-order valence-electron chi connectivity index (χ1n) is 10.5. The quantitative estimate of drug-likeness (QED) is 0.304. The number of unbranched alkanes of at least 4 members (excludes halogenated alkanes) is 1. The fourth-order valence-electron chi connectivity index (χ4n) is 5.17. The lowest BCUT2D eigenvalue weighted by atomic mass is 9.91. The number of benzene rings is 1. The van der Waals surface area contributed by atoms with Crippen molar-refractivity contribution in [3.05, 3.63) is 54.1 Å². The van der Waals surface area contributed by atoms with Gasteiger partial charge in [-0.15, -0.1) is 6.58 Å². The van der Waals surface area contributed by atoms with Gasteiger partial charge in [0.1, 0.15) is 0 Å². The molecule has 1 aliphatic carbocycles. The van der Waals surface area contributed by atoms with Crippen molar-refractivity contribution >= 4 is 19.7 Å². The molecule has 1 saturated heterocycles. The van der Waals surface area contributed by atoms with Crippen LogP contribution in [0.15, 0.2) is 48.6 Å². The SMILES string of the molecule is C=CCCC[C@@H]1O[Si](C(C)C)(C(C)C)C[C@@H]2CC(=O)C(c3ccccc3)=C21. The monoisotopic (exact) mass is 382 g/mol. The molecule has 0 unspecified atom stereocenters. The fourth-order valence-corrected chi connectivity index (χ4v) is 10.00. The Balaban J connectivity index is 2.05. The number of ketones is 1. The lowest BCUT2D eigenvalue weighted by Crippen LogP contribution is -2.53. The molecule has 2 atom stereocenters. The minimum atomic E-state index is -1.92. The Labute approximate surface area is 165 Å². The third-order valence-corrected chi connectivity index (χ3v) is 12.4. The first kappa shape index (κ1) is 20.3. The first-order valence-corrected chi connectivity index (χ1v) is 12.8. The Bertz CT molecular complexity index is 709. The van der Waals surface area contributed by atoms with Gasteiger partial charge >= 0.3 is 0 Å². The van der Waals surface area contributed by atoms with Crippen molar-refractivity contribution in [2.24, 2.45) is 5.92 Å². The summed E-state index contributed by atoms with van der Waals surface area (Å²) in [5.41, 5.74) is 4.47. The van der Waals surface area contributed by atoms with E-state index in [2.05, 4.69) is 46.4 Å². The Kier molecular flexibility index (Phi) is 6.22. The van der Waals surface area contributed by atoms with E-state index in [-0.39, 0.29) is 6.10 Å². The largest absolute Gasteiger partial charge is 0.410 e. The number of rotatable bonds is 7. The van der Waals surface area contributed by atoms with Gasteiger partial charge in [-0.2, -0.15) is 0 Å². The minimum Gasteiger partial charge on any atom is -0.410 e. The number of fused-ring (bicyclic) bond motifs is 1. The second-order valence-electron chi connectivity index (χ2n) is 8.82. The van der Waals surface area contributed by atoms with Crippen molar-refractivity contribution in [2.75, 3.05) is 0 Å². The van der Waals surface area contributed by atoms with E-state index < -0.39 is 8.32 Å². The first-order chi connectivity index (χ1) is 12.9. The number of carbonyl (C=O) groups excluding carboxylic acids is 1. The summed E-state index contributed by atoms with van der Waals surface area (Å²) in [6.45, 7) is 13.2. The van der Waals surface area contributed by atoms with Crippen molar-refractivity contribution in [1.29, 1.82) is 0 Å². The summed E-state index contributed by atoms with van der Waals surface area (Å²) in [7, 11) is -1.92. The van der Waals surface area contributed by atoms with Crippen LogP contribution in [0, 0.1) is 5.92 Å². The smallest absolute Gasteiger partial charge is 0.199 e. The Morgan fingerprint density at radius 2 is 1.85 bits per heavy atom. The van der Waals surface area contributed by atoms with Crippen molar-refractivity contribution < 1.29 is 9.22 Å². The van der Waals surface area contributed by atoms with Crippen molar-refractivity contribution in [3.8, 4) is 0 Å². The van der Waals surface area contributed by atoms with Crippen LogP contribution in [0.1, 0.15) is 58.9 Å². The number of hydrogen-bond acceptors (Lipinski definition) is 2. The van der Waals surface area contributed by atoms with Gasteiger partial charge in [0, 0.05) is 12.0 Å². The highest BCUT2D eigenvalue weighted by Gasteiger charge is 2.53. The molecule has 0 N–H and O–H groups in total. The number of carbonyl (C=O) groups is 1. The molecular weight excluding hydrogens is 348 g/mol. The van der Waals surface area contributed by atoms with Crippen molar-refractivity contribution in [2.45, 2.75) is 76.6 Å². The fraction of sp³-hybridized carbons (Fsp3) is 0.542. The van der Waals surface area contributed by atoms with Gasteiger partial charge in [-0.25, -0.2) is 0 Å². The maximum absolute atomic E-state index is 13.1. The van der Waals surface area contributed by atoms with E-state index in [0.717, 1.165) is 36.4 Å². The molecule has 1 aromatic carbocycles. The second kappa shape index (κ2) is 8.28. The predicted molar refractivity (Wildman–Crippen MR) is 116 cm³/mol. The summed E-state index contributed by atoms with van der Waals surface area (Å²) < 4.78 is 7.05. The summed E-state index contributed by atoms with van der Waals surface area (Å²) in [5, 5.41) is 0. The van der Waals surface area contributed by atoms with Crippen molar-refractivity contribution in [3.63, 3.8) is 0 Å². The summed E-state index contributed by atoms with van der Waals surface area (Å²) in [6.07, 6.45) is 5.83. The summed E-state index contributed by atoms with van der Waals surface area (Å²) in [4.78, 5) is 13.1. The minimum absolute atomic E-state index is 0.0989. The molecule has 1 aliphatic heterocycles. The van der Waals surface area contributed by atoms with E-state index in [9.17, 15) is 4.79 Å². The standard InChI is InChI=1S/C24H34O2Si/c1-6-7-9-14-22-24-20(16-27(26-22,17(2)3)18(4)5)15-21(25)23(24)19-12-10-8-11-13-19/h6,8,10-13,17-18,20,22H,1,7,9,14-16H2,2-5H3/t20-,22-/m0/s1. The molecule has 1 heterocycles. The molecule has 0 saturated carbocycles. The highest BCUT2D eigenvalue weighted by atomic mass is 28.4. The molecule has 3 heteroatoms. The average Bonchev–Trinajstić information content (AvgIpc) is 2.97. The molecule has 0 radical (unpaired) electrons. The van der Waals surface area contributed by atoms with Gasteiger partial charge in [0.2, 0.25) is 0 Å². The number of Topliss-reactive ketones (excluding diaryl/α,β-unsaturated/α-hetero) is 1. The second-order valence-corrected chi connectivity index (χ2v) is 13.7. The van der Waals surface area contributed by atoms with E-state index in [1.54, 1.807) is 0 Å². The normalized spacial score (nSPS) is 24.6. The van der Waals surface area contributed by atoms with Crippen LogP contribution in [0.4, 0.5) is 0 Å². The molecule has 0 bridgehead atoms. The topological polar surface area (TPSA) is 26.3 Å². The molecule has 2 aliphatic rings. The molecule has 27 heavy (non-hydrogen) atoms. The van der Waals surface area contributed by atoms with Gasteiger partial charge in [0.05, 0.1) is 6.10 Å². The molecule has 2 nitrogen and oxygen atoms in total. The van der Waals surface area contributed by atoms with Gasteiger partial charge in [0.15, 0.2) is 14.1 Å². The zero-order chi connectivity index (χ0) is 19.6. The third-order valence-electron chi connectivity index (χ3n) is 6.60. The zero-order valence-corrected chi connectivity index (χ0v) is 18.3. The van der Waals surface area contributed by atoms with E-state index in [1.807, 2.05) is 24.3 Å². The van der Waals surface area contributed by atoms with Crippen LogP contribution in [-0.4, -0.2) is 20.2 Å². The van der Waals surface area contributed by atoms with Crippen LogP contribution >= 0.6 is 0 Å². The Morgan fingerprint density at radius 1 is 1.19 bits per heavy atom. The third kappa shape index (κ3) is 3.77. The van der Waals surface area contributed by atoms with E-state index >= 15 is 0 Å². The van der Waals surface area contributed by atoms with Gasteiger partial charge < -0.3 is 4.43 Å². The Hall–Kier alpha value is -1.45. The van der Waals surface area contributed by atoms with E-state index in [0.29, 0.717) is 29.2 Å². The molecule has 0 spiro atoms. The van der Waals surface area contributed by atoms with E-state index in [1.165, 1.54) is 5.57 Å². The lowest BCUT2D eigenvalue weighted by Gasteiger charge is -2.48. The molecule has 146 valence electrons. The van der Waals surface area contributed by atoms with Gasteiger partial charge in [-0.3, -0.25) is 4.79 Å². The molecule has 0 amide bonds. The zero-order valence-electron chi connectivity index (χ0n) is 17.3. The van der Waals surface area contributed by atoms with Crippen LogP contribution in [0.5, 0.6) is 0 Å². The summed E-state index contributed by atoms with van der Waals surface area (Å²) in [5.74, 6) is 0.697. The molecule has 1 aromatic rings. The van der Waals surface area contributed by atoms with Gasteiger partial charge in [0.25, 0.3) is 0 Å². The average molecular weight is 383 g/mol. The maximum Gasteiger partial charge on any atom is 0.199 e. The highest BCUT2D eigenvalue weighted by molar-refractivity contribution is 6.76. The van der Waals surface area contributed by atoms with Crippen LogP contribution < -0.4 is 0 Å². The van der Waals surface area contributed by atoms with Crippen LogP contribution in [0.2, 0.25) is 17.1 Å². The van der Waals surface area contributed by atoms with Crippen molar-refractivity contribution in [1.82, 2.24) is 0 Å². The van der Waals surface area contributed by atoms with E-state index in [4.69, 9.17) is 4.43 Å². The molecule has 0 aromatic heterocycles. The highest BCUT2D eigenvalue weighted by Crippen LogP contribution is 2.53. The number of allylic oxidation sites excluding steroid dienone is 2. The molecular formula is C24H34O2Si. The van der Waals surface area contributed by atoms with Crippen LogP contribution in [0.3, 0.4) is 0 Å². The number of hydrogen-bond donors (Lipinski definition) is 0. The van der Waals surface area contributed by atoms with Crippen LogP contribution in [-0.2, 0) is 9.22 Å². The molecule has 3 rings (SSSR count). The van der Waals surface area contributed by atoms with Crippen LogP contribution in [0.25, 0.3) is 5.57 Å². The Morgan fingerprint density at radius 3 is 2.44 bits per heavy atom. The molecule has 1 fully saturated rings. The summed E-state index contributed by atoms with van der Waals surface area (Å²) >= 11 is 0. The van der Waals surface area contributed by atoms with Gasteiger partial charge in [-0.05, 0) is 53.4 Å². The lowest BCUT2D eigenvalue weighted by molar-refractivity contribution is -0.113. The summed E-state index contributed by atoms with van der Waals surface area (Å²) in [6, 6.07) is 11.3. The predicted octanol–water partition coefficient (Wildman–Crippen LogP) is 6.55. The maximum atomic E-state index is 13.1.